The SMILES string of the molecule is COCCCC(N)C(=O)Nc1cc(C(F)(F)F)ccc1C. The molecule has 0 fully saturated rings. The van der Waals surface area contributed by atoms with Gasteiger partial charge in [-0.2, -0.15) is 13.2 Å². The summed E-state index contributed by atoms with van der Waals surface area (Å²) in [5.74, 6) is -0.506. The zero-order chi connectivity index (χ0) is 16.0. The highest BCUT2D eigenvalue weighted by atomic mass is 19.4. The number of rotatable bonds is 6. The van der Waals surface area contributed by atoms with Crippen LogP contribution in [-0.4, -0.2) is 25.7 Å². The van der Waals surface area contributed by atoms with Gasteiger partial charge in [0.25, 0.3) is 0 Å². The van der Waals surface area contributed by atoms with Crippen LogP contribution >= 0.6 is 0 Å². The lowest BCUT2D eigenvalue weighted by molar-refractivity contribution is -0.137. The minimum absolute atomic E-state index is 0.122. The summed E-state index contributed by atoms with van der Waals surface area (Å²) in [4.78, 5) is 11.9. The standard InChI is InChI=1S/C14H19F3N2O2/c1-9-5-6-10(14(15,16)17)8-12(9)19-13(20)11(18)4-3-7-21-2/h5-6,8,11H,3-4,7,18H2,1-2H3,(H,19,20). The van der Waals surface area contributed by atoms with Gasteiger partial charge in [0.05, 0.1) is 11.6 Å². The molecule has 1 aromatic rings. The second-order valence-corrected chi connectivity index (χ2v) is 4.76. The van der Waals surface area contributed by atoms with Gasteiger partial charge >= 0.3 is 6.18 Å². The van der Waals surface area contributed by atoms with Gasteiger partial charge in [-0.15, -0.1) is 0 Å². The van der Waals surface area contributed by atoms with Crippen LogP contribution in [0.4, 0.5) is 18.9 Å². The normalized spacial score (nSPS) is 13.0. The van der Waals surface area contributed by atoms with Crippen LogP contribution in [0.3, 0.4) is 0 Å². The molecule has 0 saturated heterocycles. The summed E-state index contributed by atoms with van der Waals surface area (Å²) in [6, 6.07) is 2.42. The van der Waals surface area contributed by atoms with E-state index >= 15 is 0 Å². The molecule has 1 rings (SSSR count). The molecule has 1 unspecified atom stereocenters. The largest absolute Gasteiger partial charge is 0.416 e. The molecule has 0 bridgehead atoms. The number of amides is 1. The molecular formula is C14H19F3N2O2. The predicted octanol–water partition coefficient (Wildman–Crippen LogP) is 2.71. The molecule has 118 valence electrons. The number of ether oxygens (including phenoxy) is 1. The maximum Gasteiger partial charge on any atom is 0.416 e. The van der Waals surface area contributed by atoms with Crippen molar-refractivity contribution < 1.29 is 22.7 Å². The molecule has 3 N–H and O–H groups in total. The average molecular weight is 304 g/mol. The molecule has 0 saturated carbocycles. The van der Waals surface area contributed by atoms with Crippen molar-refractivity contribution in [3.8, 4) is 0 Å². The fourth-order valence-electron chi connectivity index (χ4n) is 1.74. The molecule has 0 aliphatic carbocycles. The summed E-state index contributed by atoms with van der Waals surface area (Å²) >= 11 is 0. The maximum atomic E-state index is 12.6. The molecule has 0 spiro atoms. The molecule has 0 aliphatic heterocycles. The molecule has 1 atom stereocenters. The smallest absolute Gasteiger partial charge is 0.385 e. The number of alkyl halides is 3. The second kappa shape index (κ2) is 7.42. The number of nitrogens with one attached hydrogen (secondary N) is 1. The van der Waals surface area contributed by atoms with Crippen molar-refractivity contribution in [3.63, 3.8) is 0 Å². The summed E-state index contributed by atoms with van der Waals surface area (Å²) in [5.41, 5.74) is 5.55. The number of methoxy groups -OCH3 is 1. The van der Waals surface area contributed by atoms with E-state index < -0.39 is 23.7 Å². The number of carbonyl (C=O) groups excluding carboxylic acids is 1. The van der Waals surface area contributed by atoms with Crippen molar-refractivity contribution >= 4 is 11.6 Å². The van der Waals surface area contributed by atoms with E-state index in [1.54, 1.807) is 6.92 Å². The van der Waals surface area contributed by atoms with Crippen molar-refractivity contribution in [2.45, 2.75) is 32.0 Å². The summed E-state index contributed by atoms with van der Waals surface area (Å²) < 4.78 is 42.8. The summed E-state index contributed by atoms with van der Waals surface area (Å²) in [7, 11) is 1.54. The van der Waals surface area contributed by atoms with E-state index in [0.29, 0.717) is 25.0 Å². The highest BCUT2D eigenvalue weighted by molar-refractivity contribution is 5.95. The average Bonchev–Trinajstić information content (AvgIpc) is 2.40. The van der Waals surface area contributed by atoms with Crippen LogP contribution in [0, 0.1) is 6.92 Å². The highest BCUT2D eigenvalue weighted by Crippen LogP contribution is 2.32. The van der Waals surface area contributed by atoms with Gasteiger partial charge in [-0.25, -0.2) is 0 Å². The zero-order valence-corrected chi connectivity index (χ0v) is 12.0. The van der Waals surface area contributed by atoms with Crippen LogP contribution in [0.2, 0.25) is 0 Å². The van der Waals surface area contributed by atoms with Gasteiger partial charge in [-0.05, 0) is 37.5 Å². The van der Waals surface area contributed by atoms with Gasteiger partial charge in [-0.3, -0.25) is 4.79 Å². The first-order valence-electron chi connectivity index (χ1n) is 6.49. The number of halogens is 3. The minimum atomic E-state index is -4.45. The third-order valence-electron chi connectivity index (χ3n) is 3.02. The Bertz CT molecular complexity index is 490. The Morgan fingerprint density at radius 1 is 1.43 bits per heavy atom. The first-order valence-corrected chi connectivity index (χ1v) is 6.49. The second-order valence-electron chi connectivity index (χ2n) is 4.76. The summed E-state index contributed by atoms with van der Waals surface area (Å²) in [6.45, 7) is 2.09. The number of aryl methyl sites for hydroxylation is 1. The third-order valence-corrected chi connectivity index (χ3v) is 3.02. The van der Waals surface area contributed by atoms with Crippen molar-refractivity contribution in [1.29, 1.82) is 0 Å². The molecule has 7 heteroatoms. The first-order chi connectivity index (χ1) is 9.75. The molecule has 1 aromatic carbocycles. The molecule has 21 heavy (non-hydrogen) atoms. The van der Waals surface area contributed by atoms with Crippen molar-refractivity contribution in [2.75, 3.05) is 19.0 Å². The van der Waals surface area contributed by atoms with Gasteiger partial charge in [0, 0.05) is 19.4 Å². The van der Waals surface area contributed by atoms with Crippen molar-refractivity contribution in [1.82, 2.24) is 0 Å². The number of carbonyl (C=O) groups is 1. The Morgan fingerprint density at radius 2 is 2.10 bits per heavy atom. The molecular weight excluding hydrogens is 285 g/mol. The lowest BCUT2D eigenvalue weighted by Gasteiger charge is -2.15. The van der Waals surface area contributed by atoms with Crippen molar-refractivity contribution in [3.05, 3.63) is 29.3 Å². The highest BCUT2D eigenvalue weighted by Gasteiger charge is 2.31. The Labute approximate surface area is 121 Å². The Morgan fingerprint density at radius 3 is 2.67 bits per heavy atom. The van der Waals surface area contributed by atoms with Crippen LogP contribution in [-0.2, 0) is 15.7 Å². The number of hydrogen-bond acceptors (Lipinski definition) is 3. The quantitative estimate of drug-likeness (QED) is 0.794. The van der Waals surface area contributed by atoms with Gasteiger partial charge < -0.3 is 15.8 Å². The topological polar surface area (TPSA) is 64.3 Å². The van der Waals surface area contributed by atoms with Crippen LogP contribution in [0.25, 0.3) is 0 Å². The lowest BCUT2D eigenvalue weighted by Crippen LogP contribution is -2.36. The fraction of sp³-hybridized carbons (Fsp3) is 0.500. The van der Waals surface area contributed by atoms with Crippen LogP contribution in [0.1, 0.15) is 24.0 Å². The van der Waals surface area contributed by atoms with Crippen LogP contribution in [0.15, 0.2) is 18.2 Å². The minimum Gasteiger partial charge on any atom is -0.385 e. The Balaban J connectivity index is 2.75. The number of nitrogens with two attached hydrogens (primary N) is 1. The molecule has 1 amide bonds. The monoisotopic (exact) mass is 304 g/mol. The van der Waals surface area contributed by atoms with E-state index in [-0.39, 0.29) is 5.69 Å². The van der Waals surface area contributed by atoms with Crippen LogP contribution in [0.5, 0.6) is 0 Å². The number of anilines is 1. The lowest BCUT2D eigenvalue weighted by atomic mass is 10.1. The van der Waals surface area contributed by atoms with Gasteiger partial charge in [0.2, 0.25) is 5.91 Å². The van der Waals surface area contributed by atoms with E-state index in [0.717, 1.165) is 12.1 Å². The number of hydrogen-bond donors (Lipinski definition) is 2. The van der Waals surface area contributed by atoms with Gasteiger partial charge in [0.1, 0.15) is 0 Å². The third kappa shape index (κ3) is 5.35. The summed E-state index contributed by atoms with van der Waals surface area (Å²) in [5, 5.41) is 2.44. The fourth-order valence-corrected chi connectivity index (χ4v) is 1.74. The molecule has 4 nitrogen and oxygen atoms in total. The predicted molar refractivity (Wildman–Crippen MR) is 73.9 cm³/mol. The van der Waals surface area contributed by atoms with E-state index in [9.17, 15) is 18.0 Å². The van der Waals surface area contributed by atoms with Gasteiger partial charge in [0.15, 0.2) is 0 Å². The molecule has 0 aliphatic rings. The van der Waals surface area contributed by atoms with Gasteiger partial charge in [-0.1, -0.05) is 6.07 Å². The van der Waals surface area contributed by atoms with Crippen molar-refractivity contribution in [2.24, 2.45) is 5.73 Å². The summed E-state index contributed by atoms with van der Waals surface area (Å²) in [6.07, 6.45) is -3.45. The Kier molecular flexibility index (Phi) is 6.17. The first kappa shape index (κ1) is 17.5. The van der Waals surface area contributed by atoms with E-state index in [1.807, 2.05) is 0 Å². The number of benzene rings is 1. The maximum absolute atomic E-state index is 12.6. The van der Waals surface area contributed by atoms with Crippen LogP contribution < -0.4 is 11.1 Å². The Hall–Kier alpha value is -1.60. The van der Waals surface area contributed by atoms with E-state index in [2.05, 4.69) is 5.32 Å². The van der Waals surface area contributed by atoms with E-state index in [1.165, 1.54) is 13.2 Å². The van der Waals surface area contributed by atoms with E-state index in [4.69, 9.17) is 10.5 Å². The molecule has 0 aromatic heterocycles. The molecule has 0 radical (unpaired) electrons. The zero-order valence-electron chi connectivity index (χ0n) is 12.0. The molecule has 0 heterocycles.